The molecule has 1 aromatic heterocycles. The number of para-hydroxylation sites is 1. The van der Waals surface area contributed by atoms with Crippen LogP contribution in [0.15, 0.2) is 205 Å². The van der Waals surface area contributed by atoms with E-state index in [1.807, 2.05) is 138 Å². The molecule has 0 aliphatic carbocycles. The van der Waals surface area contributed by atoms with Crippen molar-refractivity contribution in [1.82, 2.24) is 0 Å². The Kier molecular flexibility index (Phi) is 6.48. The van der Waals surface area contributed by atoms with Crippen molar-refractivity contribution in [3.05, 3.63) is 200 Å². The van der Waals surface area contributed by atoms with Crippen LogP contribution in [-0.2, 0) is 0 Å². The van der Waals surface area contributed by atoms with E-state index in [1.54, 1.807) is 0 Å². The summed E-state index contributed by atoms with van der Waals surface area (Å²) >= 11 is 0. The highest BCUT2D eigenvalue weighted by molar-refractivity contribution is 6.07. The van der Waals surface area contributed by atoms with Crippen LogP contribution in [0, 0.1) is 0 Å². The fourth-order valence-electron chi connectivity index (χ4n) is 6.85. The predicted molar refractivity (Wildman–Crippen MR) is 210 cm³/mol. The van der Waals surface area contributed by atoms with Crippen LogP contribution in [0.5, 0.6) is 0 Å². The van der Waals surface area contributed by atoms with Crippen molar-refractivity contribution < 1.29 is 9.90 Å². The SMILES string of the molecule is [2H]c1c([2H])c(N(c2ccc3oc4ccccc4c3c2)c2cccc(-c3ccccc3)c2-c2ccccc2-c2ccccc2)c([2H])c([2H])c1-c1ccccc1. The minimum absolute atomic E-state index is 0.109. The van der Waals surface area contributed by atoms with Gasteiger partial charge in [0, 0.05) is 27.7 Å². The Bertz CT molecular complexity index is 2790. The number of rotatable bonds is 7. The van der Waals surface area contributed by atoms with Crippen molar-refractivity contribution >= 4 is 39.0 Å². The molecule has 2 nitrogen and oxygen atoms in total. The molecule has 0 radical (unpaired) electrons. The molecule has 9 aromatic rings. The van der Waals surface area contributed by atoms with Gasteiger partial charge in [-0.2, -0.15) is 0 Å². The molecule has 50 heavy (non-hydrogen) atoms. The van der Waals surface area contributed by atoms with E-state index in [2.05, 4.69) is 42.5 Å². The first kappa shape index (κ1) is 25.4. The summed E-state index contributed by atoms with van der Waals surface area (Å²) in [6, 6.07) is 57.4. The highest BCUT2D eigenvalue weighted by Crippen LogP contribution is 2.48. The lowest BCUT2D eigenvalue weighted by atomic mass is 9.87. The first-order valence-electron chi connectivity index (χ1n) is 18.7. The fourth-order valence-corrected chi connectivity index (χ4v) is 6.85. The lowest BCUT2D eigenvalue weighted by molar-refractivity contribution is 0.669. The van der Waals surface area contributed by atoms with Crippen LogP contribution in [0.2, 0.25) is 0 Å². The molecular formula is C48H33NO. The predicted octanol–water partition coefficient (Wildman–Crippen LogP) is 13.7. The normalized spacial score (nSPS) is 12.3. The molecule has 0 aliphatic rings. The van der Waals surface area contributed by atoms with Crippen LogP contribution in [0.1, 0.15) is 5.48 Å². The van der Waals surface area contributed by atoms with E-state index < -0.39 is 0 Å². The molecule has 0 amide bonds. The zero-order valence-corrected chi connectivity index (χ0v) is 27.1. The summed E-state index contributed by atoms with van der Waals surface area (Å²) in [5, 5.41) is 1.83. The van der Waals surface area contributed by atoms with Gasteiger partial charge in [-0.15, -0.1) is 0 Å². The van der Waals surface area contributed by atoms with E-state index >= 15 is 0 Å². The van der Waals surface area contributed by atoms with Crippen molar-refractivity contribution in [2.24, 2.45) is 0 Å². The second-order valence-corrected chi connectivity index (χ2v) is 12.2. The van der Waals surface area contributed by atoms with Gasteiger partial charge in [0.05, 0.1) is 11.2 Å². The molecule has 1 heterocycles. The maximum atomic E-state index is 9.63. The maximum Gasteiger partial charge on any atom is 0.135 e. The van der Waals surface area contributed by atoms with E-state index in [-0.39, 0.29) is 35.4 Å². The van der Waals surface area contributed by atoms with Crippen molar-refractivity contribution in [1.29, 1.82) is 0 Å². The summed E-state index contributed by atoms with van der Waals surface area (Å²) in [5.41, 5.74) is 9.81. The van der Waals surface area contributed by atoms with Crippen LogP contribution < -0.4 is 4.90 Å². The number of anilines is 3. The number of hydrogen-bond donors (Lipinski definition) is 0. The fraction of sp³-hybridized carbons (Fsp3) is 0. The lowest BCUT2D eigenvalue weighted by Crippen LogP contribution is -2.12. The standard InChI is InChI=1S/C48H33NO/c1-4-15-34(16-5-1)35-27-29-38(30-28-35)49(39-31-32-47-44(33-39)42-22-12-13-26-46(42)50-47)45-25-14-24-41(37-19-8-3-9-20-37)48(45)43-23-11-10-21-40(43)36-17-6-2-7-18-36/h1-33H/i27D,28D,29D,30D. The van der Waals surface area contributed by atoms with Gasteiger partial charge < -0.3 is 9.32 Å². The molecule has 0 fully saturated rings. The van der Waals surface area contributed by atoms with Crippen LogP contribution >= 0.6 is 0 Å². The van der Waals surface area contributed by atoms with E-state index in [4.69, 9.17) is 4.42 Å². The lowest BCUT2D eigenvalue weighted by Gasteiger charge is -2.30. The third-order valence-corrected chi connectivity index (χ3v) is 9.17. The Hall–Kier alpha value is -6.64. The molecule has 2 heteroatoms. The number of hydrogen-bond acceptors (Lipinski definition) is 2. The summed E-state index contributed by atoms with van der Waals surface area (Å²) in [6.45, 7) is 0. The molecule has 0 atom stereocenters. The highest BCUT2D eigenvalue weighted by atomic mass is 16.3. The summed E-state index contributed by atoms with van der Waals surface area (Å²) in [7, 11) is 0. The number of benzene rings is 8. The van der Waals surface area contributed by atoms with Gasteiger partial charge in [0.1, 0.15) is 11.2 Å². The van der Waals surface area contributed by atoms with Gasteiger partial charge in [-0.3, -0.25) is 0 Å². The first-order chi connectivity index (χ1) is 26.5. The van der Waals surface area contributed by atoms with Crippen LogP contribution in [0.4, 0.5) is 17.1 Å². The Morgan fingerprint density at radius 2 is 0.940 bits per heavy atom. The molecule has 0 spiro atoms. The molecule has 0 unspecified atom stereocenters. The van der Waals surface area contributed by atoms with Crippen LogP contribution in [0.3, 0.4) is 0 Å². The van der Waals surface area contributed by atoms with Crippen molar-refractivity contribution in [2.75, 3.05) is 4.90 Å². The number of fused-ring (bicyclic) bond motifs is 3. The van der Waals surface area contributed by atoms with E-state index in [9.17, 15) is 5.48 Å². The van der Waals surface area contributed by atoms with Gasteiger partial charge in [0.25, 0.3) is 0 Å². The monoisotopic (exact) mass is 643 g/mol. The van der Waals surface area contributed by atoms with Crippen LogP contribution in [-0.4, -0.2) is 0 Å². The average Bonchev–Trinajstić information content (AvgIpc) is 3.60. The first-order valence-corrected chi connectivity index (χ1v) is 16.7. The molecule has 0 saturated heterocycles. The molecule has 0 saturated carbocycles. The Morgan fingerprint density at radius 3 is 1.66 bits per heavy atom. The van der Waals surface area contributed by atoms with Gasteiger partial charge in [-0.1, -0.05) is 158 Å². The van der Waals surface area contributed by atoms with Gasteiger partial charge in [-0.05, 0) is 81.4 Å². The molecule has 0 bridgehead atoms. The second kappa shape index (κ2) is 12.8. The van der Waals surface area contributed by atoms with Crippen LogP contribution in [0.25, 0.3) is 66.4 Å². The molecule has 0 aliphatic heterocycles. The van der Waals surface area contributed by atoms with E-state index in [0.29, 0.717) is 22.5 Å². The molecule has 9 rings (SSSR count). The smallest absolute Gasteiger partial charge is 0.135 e. The zero-order chi connectivity index (χ0) is 36.8. The van der Waals surface area contributed by atoms with Crippen molar-refractivity contribution in [2.45, 2.75) is 0 Å². The quantitative estimate of drug-likeness (QED) is 0.172. The van der Waals surface area contributed by atoms with Gasteiger partial charge >= 0.3 is 0 Å². The van der Waals surface area contributed by atoms with Crippen molar-refractivity contribution in [3.63, 3.8) is 0 Å². The number of furan rings is 1. The average molecular weight is 644 g/mol. The minimum Gasteiger partial charge on any atom is -0.456 e. The van der Waals surface area contributed by atoms with Crippen molar-refractivity contribution in [3.8, 4) is 44.5 Å². The third-order valence-electron chi connectivity index (χ3n) is 9.17. The topological polar surface area (TPSA) is 16.4 Å². The van der Waals surface area contributed by atoms with Gasteiger partial charge in [-0.25, -0.2) is 0 Å². The number of nitrogens with zero attached hydrogens (tertiary/aromatic N) is 1. The Balaban J connectivity index is 1.41. The highest BCUT2D eigenvalue weighted by Gasteiger charge is 2.23. The van der Waals surface area contributed by atoms with E-state index in [0.717, 1.165) is 49.7 Å². The third kappa shape index (κ3) is 5.34. The minimum atomic E-state index is -0.139. The van der Waals surface area contributed by atoms with Gasteiger partial charge in [0.15, 0.2) is 0 Å². The van der Waals surface area contributed by atoms with Gasteiger partial charge in [0.2, 0.25) is 0 Å². The zero-order valence-electron chi connectivity index (χ0n) is 31.1. The largest absolute Gasteiger partial charge is 0.456 e. The van der Waals surface area contributed by atoms with E-state index in [1.165, 1.54) is 0 Å². The summed E-state index contributed by atoms with van der Waals surface area (Å²) < 4.78 is 44.2. The molecule has 0 N–H and O–H groups in total. The Morgan fingerprint density at radius 1 is 0.380 bits per heavy atom. The summed E-state index contributed by atoms with van der Waals surface area (Å²) in [6.07, 6.45) is 0. The molecule has 8 aromatic carbocycles. The summed E-state index contributed by atoms with van der Waals surface area (Å²) in [5.74, 6) is 0. The summed E-state index contributed by atoms with van der Waals surface area (Å²) in [4.78, 5) is 1.90. The molecule has 236 valence electrons. The maximum absolute atomic E-state index is 9.63. The second-order valence-electron chi connectivity index (χ2n) is 12.2. The molecular weight excluding hydrogens is 607 g/mol. The Labute approximate surface area is 297 Å².